The van der Waals surface area contributed by atoms with Gasteiger partial charge in [0, 0.05) is 81.3 Å². The third-order valence-corrected chi connectivity index (χ3v) is 22.0. The fourth-order valence-electron chi connectivity index (χ4n) is 19.2. The largest absolute Gasteiger partial charge is 0.507 e. The maximum atomic E-state index is 15.3. The molecule has 15 nitrogen and oxygen atoms in total. The topological polar surface area (TPSA) is 243 Å². The Morgan fingerprint density at radius 1 is 0.853 bits per heavy atom. The van der Waals surface area contributed by atoms with Gasteiger partial charge in [0.05, 0.1) is 29.7 Å². The number of carbonyl (C=O) groups excluding carboxylic acids is 2. The summed E-state index contributed by atoms with van der Waals surface area (Å²) in [4.78, 5) is 47.1. The molecule has 8 bridgehead atoms. The number of pyridine rings is 1. The summed E-state index contributed by atoms with van der Waals surface area (Å²) in [6.07, 6.45) is 13.3. The Balaban J connectivity index is 1.05. The summed E-state index contributed by atoms with van der Waals surface area (Å²) in [5, 5.41) is 83.4. The first-order valence-corrected chi connectivity index (χ1v) is 27.8. The summed E-state index contributed by atoms with van der Waals surface area (Å²) in [6.45, 7) is 1.77. The molecule has 75 heavy (non-hydrogen) atoms. The Labute approximate surface area is 432 Å². The number of H-pyrrole nitrogens is 2. The van der Waals surface area contributed by atoms with Crippen LogP contribution in [0.15, 0.2) is 60.2 Å². The van der Waals surface area contributed by atoms with Crippen molar-refractivity contribution in [2.24, 2.45) is 27.6 Å². The number of anilines is 1. The summed E-state index contributed by atoms with van der Waals surface area (Å²) >= 11 is 0. The number of ether oxygens (including phenoxy) is 2. The number of aromatic hydroxyl groups is 1. The zero-order valence-corrected chi connectivity index (χ0v) is 42.1. The molecule has 5 fully saturated rings. The number of hydrogen-bond donors (Lipinski definition) is 9. The molecule has 12 aliphatic rings. The molecule has 2 aromatic carbocycles. The number of hydrogen-bond acceptors (Lipinski definition) is 13. The molecule has 15 heteroatoms. The number of aryl methyl sites for hydroxylation is 1. The van der Waals surface area contributed by atoms with E-state index in [4.69, 9.17) is 14.5 Å². The zero-order valence-electron chi connectivity index (χ0n) is 42.1. The second kappa shape index (κ2) is 14.9. The number of aromatic nitrogens is 4. The van der Waals surface area contributed by atoms with Gasteiger partial charge in [-0.3, -0.25) is 9.59 Å². The van der Waals surface area contributed by atoms with E-state index in [1.54, 1.807) is 43.7 Å². The molecule has 4 aliphatic heterocycles. The van der Waals surface area contributed by atoms with Gasteiger partial charge >= 0.3 is 0 Å². The molecule has 7 heterocycles. The third-order valence-electron chi connectivity index (χ3n) is 22.0. The number of ketones is 2. The maximum Gasteiger partial charge on any atom is 0.261 e. The van der Waals surface area contributed by atoms with Crippen LogP contribution in [0.4, 0.5) is 5.82 Å². The molecule has 17 rings (SSSR count). The number of fused-ring (bicyclic) bond motifs is 6. The van der Waals surface area contributed by atoms with Crippen LogP contribution in [0.3, 0.4) is 0 Å². The number of phenols is 1. The predicted octanol–water partition coefficient (Wildman–Crippen LogP) is 7.27. The van der Waals surface area contributed by atoms with Crippen molar-refractivity contribution in [1.29, 1.82) is 0 Å². The lowest BCUT2D eigenvalue weighted by atomic mass is 9.50. The van der Waals surface area contributed by atoms with Crippen molar-refractivity contribution in [2.75, 3.05) is 11.9 Å². The number of aromatic amines is 2. The quantitative estimate of drug-likeness (QED) is 0.0830. The van der Waals surface area contributed by atoms with Gasteiger partial charge in [0.25, 0.3) is 5.79 Å². The lowest BCUT2D eigenvalue weighted by molar-refractivity contribution is -0.366. The molecule has 5 aromatic rings. The first-order chi connectivity index (χ1) is 36.2. The van der Waals surface area contributed by atoms with E-state index in [2.05, 4.69) is 20.3 Å². The van der Waals surface area contributed by atoms with E-state index in [9.17, 15) is 30.6 Å². The van der Waals surface area contributed by atoms with Crippen LogP contribution in [-0.2, 0) is 17.6 Å². The first-order valence-electron chi connectivity index (χ1n) is 27.8. The fourth-order valence-corrected chi connectivity index (χ4v) is 19.2. The summed E-state index contributed by atoms with van der Waals surface area (Å²) in [5.41, 5.74) is 2.95. The lowest BCUT2D eigenvalue weighted by Gasteiger charge is -2.64. The average Bonchev–Trinajstić information content (AvgIpc) is 4.31. The molecule has 388 valence electrons. The molecule has 0 unspecified atom stereocenters. The monoisotopic (exact) mass is 1010 g/mol. The van der Waals surface area contributed by atoms with Gasteiger partial charge in [-0.05, 0) is 159 Å². The molecule has 9 N–H and O–H groups in total. The minimum Gasteiger partial charge on any atom is -0.507 e. The summed E-state index contributed by atoms with van der Waals surface area (Å²) in [5.74, 6) is -3.97. The maximum absolute atomic E-state index is 15.3. The Bertz CT molecular complexity index is 3460. The number of imidazole rings is 1. The van der Waals surface area contributed by atoms with Crippen molar-refractivity contribution in [1.82, 2.24) is 19.9 Å². The number of nitrogens with one attached hydrogen (secondary N) is 3. The highest BCUT2D eigenvalue weighted by atomic mass is 16.7. The predicted molar refractivity (Wildman–Crippen MR) is 273 cm³/mol. The smallest absolute Gasteiger partial charge is 0.261 e. The number of aliphatic hydroxyl groups excluding tert-OH is 5. The van der Waals surface area contributed by atoms with Gasteiger partial charge in [-0.1, -0.05) is 31.3 Å². The summed E-state index contributed by atoms with van der Waals surface area (Å²) in [7, 11) is 0. The highest BCUT2D eigenvalue weighted by Gasteiger charge is 2.78. The number of phenolic OH excluding ortho intramolecular Hbond substituents is 1. The van der Waals surface area contributed by atoms with Crippen LogP contribution in [-0.4, -0.2) is 111 Å². The van der Waals surface area contributed by atoms with E-state index in [1.807, 2.05) is 6.20 Å². The van der Waals surface area contributed by atoms with Gasteiger partial charge in [-0.25, -0.2) is 9.97 Å². The Kier molecular flexibility index (Phi) is 9.02. The van der Waals surface area contributed by atoms with Crippen molar-refractivity contribution in [2.45, 2.75) is 164 Å². The molecule has 0 radical (unpaired) electrons. The second-order valence-corrected chi connectivity index (χ2v) is 25.4. The van der Waals surface area contributed by atoms with Gasteiger partial charge in [0.1, 0.15) is 29.5 Å². The van der Waals surface area contributed by atoms with Crippen LogP contribution in [0, 0.1) is 34.5 Å². The third kappa shape index (κ3) is 5.47. The fraction of sp³-hybridized carbons (Fsp3) is 0.533. The Hall–Kier alpha value is -5.68. The molecule has 11 atom stereocenters. The Morgan fingerprint density at radius 2 is 1.67 bits per heavy atom. The number of nitrogens with zero attached hydrogens (tertiary/aromatic N) is 2. The molecular formula is C60H63N5O10. The SMILES string of the molecule is Cc1cc(O)c2c(c1)C(=O)c1c(c3cc4c(nccc14)NC[C@H](O)[C@@]14CC5(CCCC5)[C@@H]5CCCc6c(Cc7cnc[nH]7)[nH]c(c6[C@H]51)C1=C[C@@]5(O3)O[C@@]3(C1=C4C[C@]1(CCC4(CCCC4)C1)[C@H]3O)[C@@H](O)[C@H](O)[C@H]5O)C2=O. The van der Waals surface area contributed by atoms with Crippen LogP contribution < -0.4 is 10.1 Å². The van der Waals surface area contributed by atoms with Gasteiger partial charge in [-0.2, -0.15) is 0 Å². The van der Waals surface area contributed by atoms with Gasteiger partial charge in [-0.15, -0.1) is 0 Å². The summed E-state index contributed by atoms with van der Waals surface area (Å²) < 4.78 is 14.9. The van der Waals surface area contributed by atoms with Gasteiger partial charge in [0.2, 0.25) is 5.78 Å². The van der Waals surface area contributed by atoms with Crippen LogP contribution >= 0.6 is 0 Å². The Morgan fingerprint density at radius 3 is 2.47 bits per heavy atom. The first kappa shape index (κ1) is 45.5. The molecule has 6 spiro atoms. The molecule has 3 aromatic heterocycles. The van der Waals surface area contributed by atoms with Crippen molar-refractivity contribution in [3.8, 4) is 11.5 Å². The van der Waals surface area contributed by atoms with E-state index in [0.717, 1.165) is 105 Å². The second-order valence-electron chi connectivity index (χ2n) is 25.4. The van der Waals surface area contributed by atoms with E-state index in [1.165, 1.54) is 11.6 Å². The molecule has 8 aliphatic carbocycles. The highest BCUT2D eigenvalue weighted by molar-refractivity contribution is 6.34. The van der Waals surface area contributed by atoms with Crippen molar-refractivity contribution in [3.63, 3.8) is 0 Å². The lowest BCUT2D eigenvalue weighted by Crippen LogP contribution is -2.79. The zero-order chi connectivity index (χ0) is 50.9. The van der Waals surface area contributed by atoms with Crippen LogP contribution in [0.2, 0.25) is 0 Å². The normalized spacial score (nSPS) is 36.9. The number of rotatable bonds is 2. The van der Waals surface area contributed by atoms with E-state index >= 15 is 9.59 Å². The molecule has 1 saturated heterocycles. The summed E-state index contributed by atoms with van der Waals surface area (Å²) in [6, 6.07) is 6.27. The number of aliphatic hydroxyl groups is 5. The minimum atomic E-state index is -2.43. The minimum absolute atomic E-state index is 0.00279. The van der Waals surface area contributed by atoms with E-state index in [0.29, 0.717) is 65.4 Å². The molecule has 4 saturated carbocycles. The van der Waals surface area contributed by atoms with Crippen molar-refractivity contribution >= 4 is 33.7 Å². The average molecular weight is 1010 g/mol. The van der Waals surface area contributed by atoms with Gasteiger partial charge in [0.15, 0.2) is 17.5 Å². The molecular weight excluding hydrogens is 951 g/mol. The number of benzene rings is 2. The van der Waals surface area contributed by atoms with Crippen LogP contribution in [0.25, 0.3) is 16.3 Å². The number of carbonyl (C=O) groups is 2. The van der Waals surface area contributed by atoms with E-state index < -0.39 is 64.3 Å². The van der Waals surface area contributed by atoms with Crippen molar-refractivity contribution < 1.29 is 49.7 Å². The van der Waals surface area contributed by atoms with Gasteiger partial charge < -0.3 is 55.4 Å². The molecule has 0 amide bonds. The highest BCUT2D eigenvalue weighted by Crippen LogP contribution is 2.79. The van der Waals surface area contributed by atoms with E-state index in [-0.39, 0.29) is 63.0 Å². The van der Waals surface area contributed by atoms with Crippen LogP contribution in [0.5, 0.6) is 11.5 Å². The standard InChI is InChI=1S/C60H63N5O10/c1-28-17-33-41(38(66)18-28)49(69)44-39-20-32-30(42(44)48(33)68)9-16-62-53(32)63-24-40(67)58-26-56(12-4-5-13-56)35-8-6-7-31-37(19-29-23-61-27-64-29)65-47(43(31)46(35)58)34-21-59(74-39)51(71)50(70)52(72)60(75-59)45(34)36(58)22-57(54(60)73)15-14-55(25-57)10-2-3-11-55/h9,16-18,20-21,23,27,35,40,46,50-52,54,65-67,70-73H,2-8,10-15,19,22,24-26H2,1H3,(H,61,64)(H,62,63)/t35-,40+,46+,50-,51-,52+,54-,57+,58+,59-,60+/m1/s1. The van der Waals surface area contributed by atoms with Crippen molar-refractivity contribution in [3.05, 3.63) is 116 Å². The van der Waals surface area contributed by atoms with Crippen LogP contribution in [0.1, 0.15) is 168 Å².